The van der Waals surface area contributed by atoms with Crippen LogP contribution in [0.15, 0.2) is 22.7 Å². The van der Waals surface area contributed by atoms with Gasteiger partial charge in [-0.1, -0.05) is 15.9 Å². The van der Waals surface area contributed by atoms with Gasteiger partial charge in [0.2, 0.25) is 0 Å². The molecule has 0 aliphatic carbocycles. The number of benzene rings is 1. The van der Waals surface area contributed by atoms with Crippen LogP contribution in [0.4, 0.5) is 5.69 Å². The molecule has 1 aromatic rings. The van der Waals surface area contributed by atoms with Crippen LogP contribution in [0.1, 0.15) is 23.2 Å². The predicted molar refractivity (Wildman–Crippen MR) is 85.7 cm³/mol. The molecule has 20 heavy (non-hydrogen) atoms. The van der Waals surface area contributed by atoms with Crippen molar-refractivity contribution in [1.29, 1.82) is 0 Å². The zero-order chi connectivity index (χ0) is 14.7. The third-order valence-electron chi connectivity index (χ3n) is 3.88. The highest BCUT2D eigenvalue weighted by atomic mass is 79.9. The van der Waals surface area contributed by atoms with Crippen LogP contribution < -0.4 is 5.73 Å². The third-order valence-corrected chi connectivity index (χ3v) is 4.34. The van der Waals surface area contributed by atoms with Crippen LogP contribution in [0.3, 0.4) is 0 Å². The van der Waals surface area contributed by atoms with Gasteiger partial charge >= 0.3 is 0 Å². The molecular formula is C15H22BrN3O. The molecule has 1 saturated heterocycles. The van der Waals surface area contributed by atoms with Crippen LogP contribution in [0.25, 0.3) is 0 Å². The second-order valence-electron chi connectivity index (χ2n) is 5.71. The average Bonchev–Trinajstić information content (AvgIpc) is 2.39. The first-order valence-electron chi connectivity index (χ1n) is 6.96. The van der Waals surface area contributed by atoms with Crippen LogP contribution in [0.2, 0.25) is 0 Å². The van der Waals surface area contributed by atoms with Gasteiger partial charge in [-0.3, -0.25) is 4.79 Å². The largest absolute Gasteiger partial charge is 0.399 e. The van der Waals surface area contributed by atoms with E-state index in [1.807, 2.05) is 18.0 Å². The molecule has 0 bridgehead atoms. The van der Waals surface area contributed by atoms with Crippen LogP contribution in [-0.4, -0.2) is 49.4 Å². The van der Waals surface area contributed by atoms with Crippen molar-refractivity contribution in [2.75, 3.05) is 39.5 Å². The molecule has 2 N–H and O–H groups in total. The third kappa shape index (κ3) is 3.96. The lowest BCUT2D eigenvalue weighted by atomic mass is 9.96. The first-order valence-corrected chi connectivity index (χ1v) is 7.75. The van der Waals surface area contributed by atoms with Gasteiger partial charge in [-0.25, -0.2) is 0 Å². The van der Waals surface area contributed by atoms with E-state index >= 15 is 0 Å². The second-order valence-corrected chi connectivity index (χ2v) is 6.62. The molecule has 1 heterocycles. The number of anilines is 1. The Morgan fingerprint density at radius 2 is 2.05 bits per heavy atom. The van der Waals surface area contributed by atoms with E-state index < -0.39 is 0 Å². The topological polar surface area (TPSA) is 49.6 Å². The molecule has 5 heteroatoms. The molecule has 110 valence electrons. The summed E-state index contributed by atoms with van der Waals surface area (Å²) >= 11 is 3.38. The lowest BCUT2D eigenvalue weighted by molar-refractivity contribution is 0.0747. The SMILES string of the molecule is CN1CCC(CN(C)C(=O)c2cc(N)cc(Br)c2)CC1. The molecule has 1 aliphatic heterocycles. The predicted octanol–water partition coefficient (Wildman–Crippen LogP) is 2.45. The minimum Gasteiger partial charge on any atom is -0.399 e. The summed E-state index contributed by atoms with van der Waals surface area (Å²) in [4.78, 5) is 16.6. The van der Waals surface area contributed by atoms with Gasteiger partial charge < -0.3 is 15.5 Å². The Kier molecular flexibility index (Phi) is 5.05. The molecule has 0 radical (unpaired) electrons. The molecule has 0 aromatic heterocycles. The Hall–Kier alpha value is -1.07. The summed E-state index contributed by atoms with van der Waals surface area (Å²) in [5, 5.41) is 0. The van der Waals surface area contributed by atoms with E-state index in [0.29, 0.717) is 17.2 Å². The number of amides is 1. The van der Waals surface area contributed by atoms with Crippen molar-refractivity contribution in [3.63, 3.8) is 0 Å². The number of piperidine rings is 1. The molecule has 1 fully saturated rings. The summed E-state index contributed by atoms with van der Waals surface area (Å²) in [6.45, 7) is 3.06. The molecule has 0 unspecified atom stereocenters. The lowest BCUT2D eigenvalue weighted by Crippen LogP contribution is -2.38. The average molecular weight is 340 g/mol. The minimum atomic E-state index is 0.0388. The monoisotopic (exact) mass is 339 g/mol. The molecule has 1 aromatic carbocycles. The van der Waals surface area contributed by atoms with Crippen LogP contribution in [-0.2, 0) is 0 Å². The molecule has 1 amide bonds. The maximum atomic E-state index is 12.4. The van der Waals surface area contributed by atoms with Crippen molar-refractivity contribution in [1.82, 2.24) is 9.80 Å². The molecule has 0 saturated carbocycles. The van der Waals surface area contributed by atoms with Crippen molar-refractivity contribution in [3.8, 4) is 0 Å². The van der Waals surface area contributed by atoms with Gasteiger partial charge in [0.25, 0.3) is 5.91 Å². The zero-order valence-electron chi connectivity index (χ0n) is 12.1. The molecule has 2 rings (SSSR count). The van der Waals surface area contributed by atoms with E-state index in [9.17, 15) is 4.79 Å². The van der Waals surface area contributed by atoms with Gasteiger partial charge in [0.1, 0.15) is 0 Å². The van der Waals surface area contributed by atoms with E-state index in [-0.39, 0.29) is 5.91 Å². The van der Waals surface area contributed by atoms with Gasteiger partial charge in [-0.2, -0.15) is 0 Å². The van der Waals surface area contributed by atoms with Crippen LogP contribution in [0, 0.1) is 5.92 Å². The summed E-state index contributed by atoms with van der Waals surface area (Å²) in [5.41, 5.74) is 7.04. The number of halogens is 1. The number of nitrogen functional groups attached to an aromatic ring is 1. The Morgan fingerprint density at radius 3 is 2.65 bits per heavy atom. The van der Waals surface area contributed by atoms with E-state index in [1.54, 1.807) is 12.1 Å². The first-order chi connectivity index (χ1) is 9.45. The van der Waals surface area contributed by atoms with Gasteiger partial charge in [-0.05, 0) is 57.1 Å². The number of nitrogens with two attached hydrogens (primary N) is 1. The number of carbonyl (C=O) groups excluding carboxylic acids is 1. The molecule has 0 spiro atoms. The summed E-state index contributed by atoms with van der Waals surface area (Å²) in [6.07, 6.45) is 2.32. The highest BCUT2D eigenvalue weighted by Gasteiger charge is 2.21. The fourth-order valence-corrected chi connectivity index (χ4v) is 3.18. The van der Waals surface area contributed by atoms with E-state index in [4.69, 9.17) is 5.73 Å². The van der Waals surface area contributed by atoms with Crippen molar-refractivity contribution in [2.45, 2.75) is 12.8 Å². The molecular weight excluding hydrogens is 318 g/mol. The summed E-state index contributed by atoms with van der Waals surface area (Å²) in [5.74, 6) is 0.640. The van der Waals surface area contributed by atoms with Crippen molar-refractivity contribution in [2.24, 2.45) is 5.92 Å². The number of carbonyl (C=O) groups is 1. The Labute approximate surface area is 129 Å². The summed E-state index contributed by atoms with van der Waals surface area (Å²) in [6, 6.07) is 5.36. The van der Waals surface area contributed by atoms with Gasteiger partial charge in [0.05, 0.1) is 0 Å². The summed E-state index contributed by atoms with van der Waals surface area (Å²) in [7, 11) is 4.02. The highest BCUT2D eigenvalue weighted by molar-refractivity contribution is 9.10. The van der Waals surface area contributed by atoms with Crippen molar-refractivity contribution in [3.05, 3.63) is 28.2 Å². The Morgan fingerprint density at radius 1 is 1.40 bits per heavy atom. The van der Waals surface area contributed by atoms with Crippen LogP contribution in [0.5, 0.6) is 0 Å². The molecule has 0 atom stereocenters. The quantitative estimate of drug-likeness (QED) is 0.860. The maximum Gasteiger partial charge on any atom is 0.253 e. The first kappa shape index (κ1) is 15.3. The van der Waals surface area contributed by atoms with Crippen LogP contribution >= 0.6 is 15.9 Å². The van der Waals surface area contributed by atoms with E-state index in [2.05, 4.69) is 27.9 Å². The number of rotatable bonds is 3. The van der Waals surface area contributed by atoms with Crippen molar-refractivity contribution >= 4 is 27.5 Å². The standard InChI is InChI=1S/C15H22BrN3O/c1-18-5-3-11(4-6-18)10-19(2)15(20)12-7-13(16)9-14(17)8-12/h7-9,11H,3-6,10,17H2,1-2H3. The summed E-state index contributed by atoms with van der Waals surface area (Å²) < 4.78 is 0.841. The fraction of sp³-hybridized carbons (Fsp3) is 0.533. The number of nitrogens with zero attached hydrogens (tertiary/aromatic N) is 2. The fourth-order valence-electron chi connectivity index (χ4n) is 2.67. The second kappa shape index (κ2) is 6.59. The van der Waals surface area contributed by atoms with Gasteiger partial charge in [-0.15, -0.1) is 0 Å². The minimum absolute atomic E-state index is 0.0388. The number of hydrogen-bond donors (Lipinski definition) is 1. The van der Waals surface area contributed by atoms with Crippen molar-refractivity contribution < 1.29 is 4.79 Å². The molecule has 1 aliphatic rings. The smallest absolute Gasteiger partial charge is 0.253 e. The Bertz CT molecular complexity index is 464. The van der Waals surface area contributed by atoms with E-state index in [1.165, 1.54) is 0 Å². The normalized spacial score (nSPS) is 17.1. The van der Waals surface area contributed by atoms with E-state index in [0.717, 1.165) is 36.9 Å². The number of hydrogen-bond acceptors (Lipinski definition) is 3. The zero-order valence-corrected chi connectivity index (χ0v) is 13.7. The Balaban J connectivity index is 1.98. The number of likely N-dealkylation sites (tertiary alicyclic amines) is 1. The maximum absolute atomic E-state index is 12.4. The highest BCUT2D eigenvalue weighted by Crippen LogP contribution is 2.20. The lowest BCUT2D eigenvalue weighted by Gasteiger charge is -2.31. The van der Waals surface area contributed by atoms with Gasteiger partial charge in [0.15, 0.2) is 0 Å². The van der Waals surface area contributed by atoms with Gasteiger partial charge in [0, 0.05) is 29.3 Å². The molecule has 4 nitrogen and oxygen atoms in total.